The predicted molar refractivity (Wildman–Crippen MR) is 420 cm³/mol. The van der Waals surface area contributed by atoms with Crippen molar-refractivity contribution in [3.63, 3.8) is 0 Å². The number of hydrogen-bond donors (Lipinski definition) is 0. The first-order valence-electron chi connectivity index (χ1n) is 35.1. The van der Waals surface area contributed by atoms with Crippen molar-refractivity contribution in [1.29, 1.82) is 0 Å². The molecule has 13 rings (SSSR count). The van der Waals surface area contributed by atoms with Crippen molar-refractivity contribution in [1.82, 2.24) is 9.97 Å². The number of fused-ring (bicyclic) bond motifs is 2. The first-order chi connectivity index (χ1) is 46.1. The fraction of sp³-hybridized carbons (Fsp3) is 0.356. The molecule has 0 radical (unpaired) electrons. The van der Waals surface area contributed by atoms with Gasteiger partial charge in [-0.2, -0.15) is 0 Å². The highest BCUT2D eigenvalue weighted by Gasteiger charge is 2.41. The van der Waals surface area contributed by atoms with Crippen LogP contribution in [0.15, 0.2) is 133 Å². The largest absolute Gasteiger partial charge is 0.268 e. The van der Waals surface area contributed by atoms with E-state index >= 15 is 19.2 Å². The Morgan fingerprint density at radius 1 is 0.250 bits per heavy atom. The lowest BCUT2D eigenvalue weighted by molar-refractivity contribution is 0.0877. The monoisotopic (exact) mass is 1360 g/mol. The van der Waals surface area contributed by atoms with Crippen LogP contribution in [-0.4, -0.2) is 33.6 Å². The molecule has 0 saturated carbocycles. The Morgan fingerprint density at radius 3 is 0.670 bits per heavy atom. The van der Waals surface area contributed by atoms with E-state index in [1.165, 1.54) is 9.80 Å². The molecular weight excluding hydrogens is 1270 g/mol. The Kier molecular flexibility index (Phi) is 16.1. The molecule has 4 heterocycles. The molecule has 2 aliphatic rings. The second kappa shape index (κ2) is 23.0. The summed E-state index contributed by atoms with van der Waals surface area (Å²) in [7, 11) is 0. The fourth-order valence-electron chi connectivity index (χ4n) is 14.3. The molecule has 2 aliphatic heterocycles. The van der Waals surface area contributed by atoms with Gasteiger partial charge in [0.1, 0.15) is 0 Å². The number of nitrogens with zero attached hydrogens (tertiary/aromatic N) is 4. The molecule has 0 fully saturated rings. The first-order valence-corrected chi connectivity index (χ1v) is 35.9. The zero-order valence-corrected chi connectivity index (χ0v) is 64.4. The number of anilines is 2. The lowest BCUT2D eigenvalue weighted by atomic mass is 9.79. The molecule has 0 unspecified atom stereocenters. The number of hydrogen-bond acceptors (Lipinski definition) is 6. The Labute approximate surface area is 601 Å². The molecule has 10 heteroatoms. The Balaban J connectivity index is 0.990. The number of amides is 4. The van der Waals surface area contributed by atoms with E-state index in [0.29, 0.717) is 88.4 Å². The number of halogens is 2. The minimum Gasteiger partial charge on any atom is -0.268 e. The van der Waals surface area contributed by atoms with Gasteiger partial charge in [0.05, 0.1) is 45.3 Å². The van der Waals surface area contributed by atoms with Gasteiger partial charge in [-0.1, -0.05) is 226 Å². The maximum absolute atomic E-state index is 15.9. The van der Waals surface area contributed by atoms with Crippen LogP contribution in [-0.2, 0) is 43.3 Å². The summed E-state index contributed by atoms with van der Waals surface area (Å²) in [6.07, 6.45) is 0. The second-order valence-corrected chi connectivity index (χ2v) is 37.5. The molecule has 0 saturated heterocycles. The molecule has 9 aromatic carbocycles. The molecule has 8 nitrogen and oxygen atoms in total. The van der Waals surface area contributed by atoms with Gasteiger partial charge in [-0.15, -0.1) is 0 Å². The van der Waals surface area contributed by atoms with Crippen molar-refractivity contribution in [2.75, 3.05) is 9.80 Å². The number of rotatable bonds is 6. The van der Waals surface area contributed by atoms with E-state index in [1.54, 1.807) is 24.3 Å². The first kappa shape index (κ1) is 69.9. The van der Waals surface area contributed by atoms with Crippen LogP contribution < -0.4 is 9.80 Å². The van der Waals surface area contributed by atoms with E-state index < -0.39 is 23.6 Å². The Bertz CT molecular complexity index is 4730. The third-order valence-corrected chi connectivity index (χ3v) is 21.3. The fourth-order valence-corrected chi connectivity index (χ4v) is 14.9. The molecule has 0 atom stereocenters. The highest BCUT2D eigenvalue weighted by atomic mass is 35.5. The maximum atomic E-state index is 15.9. The van der Waals surface area contributed by atoms with Crippen molar-refractivity contribution in [2.45, 2.75) is 209 Å². The van der Waals surface area contributed by atoms with Crippen LogP contribution in [0.25, 0.3) is 88.1 Å². The normalized spacial score (nSPS) is 14.5. The molecule has 2 aromatic heterocycles. The van der Waals surface area contributed by atoms with Crippen molar-refractivity contribution < 1.29 is 19.2 Å². The highest BCUT2D eigenvalue weighted by molar-refractivity contribution is 6.52. The van der Waals surface area contributed by atoms with Crippen LogP contribution in [0.4, 0.5) is 11.4 Å². The number of carbonyl (C=O) groups is 4. The molecular formula is C90H94Cl2N4O4. The molecule has 0 bridgehead atoms. The standard InChI is InChI=1S/C90H94Cl2N4O4/c1-83(2,3)51-29-47(30-52(37-51)84(4,5)6)69-41-59(42-70(93-69)48-31-53(85(7,8)9)38-54(32-48)86(10,11)12)95-79(97)63-27-25-61-76-68(92)46-66-74-64(28-26-62(78(74)76)75-67(91)45-65(81(95)99)73(63)77(61)75)80(98)96(82(66)100)60-43-71(49-33-55(87(13,14)15)39-56(34-49)88(16,17)18)94-72(44-60)50-35-57(89(19,20)21)40-58(36-50)90(22,23)24/h25-46H,1-24H3. The van der Waals surface area contributed by atoms with Crippen LogP contribution in [0.5, 0.6) is 0 Å². The van der Waals surface area contributed by atoms with Gasteiger partial charge in [0.2, 0.25) is 0 Å². The number of imide groups is 2. The molecule has 0 aliphatic carbocycles. The second-order valence-electron chi connectivity index (χ2n) is 36.7. The average Bonchev–Trinajstić information content (AvgIpc) is 0.681. The quantitative estimate of drug-likeness (QED) is 0.0934. The molecule has 0 N–H and O–H groups in total. The Hall–Kier alpha value is -8.56. The van der Waals surface area contributed by atoms with Gasteiger partial charge >= 0.3 is 0 Å². The number of pyridine rings is 2. The average molecular weight is 1370 g/mol. The predicted octanol–water partition coefficient (Wildman–Crippen LogP) is 24.5. The summed E-state index contributed by atoms with van der Waals surface area (Å²) in [5, 5.41) is 4.94. The van der Waals surface area contributed by atoms with Gasteiger partial charge in [0, 0.05) is 75.7 Å². The van der Waals surface area contributed by atoms with Crippen LogP contribution >= 0.6 is 23.2 Å². The van der Waals surface area contributed by atoms with Gasteiger partial charge in [-0.05, 0) is 196 Å². The minimum absolute atomic E-state index is 0.210. The van der Waals surface area contributed by atoms with Gasteiger partial charge in [-0.25, -0.2) is 19.8 Å². The minimum atomic E-state index is -0.544. The summed E-state index contributed by atoms with van der Waals surface area (Å²) in [4.78, 5) is 77.2. The van der Waals surface area contributed by atoms with E-state index in [-0.39, 0.29) is 64.5 Å². The zero-order valence-electron chi connectivity index (χ0n) is 62.9. The summed E-state index contributed by atoms with van der Waals surface area (Å²) in [5.41, 5.74) is 15.2. The SMILES string of the molecule is CC(C)(C)c1cc(-c2cc(N3C(=O)c4ccc5c6c(Cl)cc7c8c(ccc(c9c(Cl)cc(c4c59)C3=O)c86)C(=O)N(c3cc(-c4cc(C(C)(C)C)cc(C(C)(C)C)c4)nc(-c4cc(C(C)(C)C)cc(C(C)(C)C)c4)c3)C7=O)cc(-c3cc(C(C)(C)C)cc(C(C)(C)C)c3)n2)cc(C(C)(C)C)c1. The van der Waals surface area contributed by atoms with E-state index in [1.807, 2.05) is 36.4 Å². The van der Waals surface area contributed by atoms with Gasteiger partial charge in [0.15, 0.2) is 0 Å². The lowest BCUT2D eigenvalue weighted by Crippen LogP contribution is -2.40. The van der Waals surface area contributed by atoms with Gasteiger partial charge in [0.25, 0.3) is 23.6 Å². The van der Waals surface area contributed by atoms with Crippen LogP contribution in [0.2, 0.25) is 10.0 Å². The summed E-state index contributed by atoms with van der Waals surface area (Å²) in [6.45, 7) is 52.9. The molecule has 512 valence electrons. The lowest BCUT2D eigenvalue weighted by Gasteiger charge is -2.31. The molecule has 11 aromatic rings. The van der Waals surface area contributed by atoms with Crippen LogP contribution in [0.3, 0.4) is 0 Å². The smallest absolute Gasteiger partial charge is 0.266 e. The van der Waals surface area contributed by atoms with Crippen molar-refractivity contribution in [3.8, 4) is 45.0 Å². The van der Waals surface area contributed by atoms with Crippen molar-refractivity contribution in [2.24, 2.45) is 0 Å². The molecule has 0 spiro atoms. The third kappa shape index (κ3) is 12.0. The van der Waals surface area contributed by atoms with Crippen LogP contribution in [0.1, 0.15) is 252 Å². The Morgan fingerprint density at radius 2 is 0.460 bits per heavy atom. The zero-order chi connectivity index (χ0) is 72.9. The number of aromatic nitrogens is 2. The summed E-state index contributed by atoms with van der Waals surface area (Å²) in [6, 6.07) is 44.7. The van der Waals surface area contributed by atoms with Crippen molar-refractivity contribution >= 4 is 101 Å². The highest BCUT2D eigenvalue weighted by Crippen LogP contribution is 2.52. The van der Waals surface area contributed by atoms with Gasteiger partial charge in [-0.3, -0.25) is 19.2 Å². The van der Waals surface area contributed by atoms with E-state index in [9.17, 15) is 0 Å². The summed E-state index contributed by atoms with van der Waals surface area (Å²) in [5.74, 6) is -2.10. The van der Waals surface area contributed by atoms with E-state index in [4.69, 9.17) is 33.2 Å². The van der Waals surface area contributed by atoms with E-state index in [0.717, 1.165) is 66.8 Å². The summed E-state index contributed by atoms with van der Waals surface area (Å²) < 4.78 is 0. The maximum Gasteiger partial charge on any atom is 0.266 e. The third-order valence-electron chi connectivity index (χ3n) is 20.7. The number of benzene rings is 9. The molecule has 4 amide bonds. The topological polar surface area (TPSA) is 101 Å². The van der Waals surface area contributed by atoms with Gasteiger partial charge < -0.3 is 0 Å². The van der Waals surface area contributed by atoms with Crippen molar-refractivity contribution in [3.05, 3.63) is 210 Å². The number of carbonyl (C=O) groups excluding carboxylic acids is 4. The molecule has 100 heavy (non-hydrogen) atoms. The van der Waals surface area contributed by atoms with E-state index in [2.05, 4.69) is 239 Å². The van der Waals surface area contributed by atoms with Crippen LogP contribution in [0, 0.1) is 0 Å². The summed E-state index contributed by atoms with van der Waals surface area (Å²) >= 11 is 15.4.